The number of Topliss-reactive ketones (excluding diaryl/α,β-unsaturated/α-hetero) is 1. The zero-order chi connectivity index (χ0) is 28.1. The second kappa shape index (κ2) is 9.82. The number of hydrogen-bond donors (Lipinski definition) is 1. The molecule has 2 aliphatic rings. The molecule has 39 heavy (non-hydrogen) atoms. The van der Waals surface area contributed by atoms with Gasteiger partial charge in [-0.1, -0.05) is 90.1 Å². The number of aliphatic hydroxyl groups is 1. The van der Waals surface area contributed by atoms with E-state index < -0.39 is 17.7 Å². The van der Waals surface area contributed by atoms with Crippen LogP contribution in [0.25, 0.3) is 5.76 Å². The molecule has 1 amide bonds. The lowest BCUT2D eigenvalue weighted by atomic mass is 9.85. The molecule has 3 aromatic carbocycles. The average Bonchev–Trinajstić information content (AvgIpc) is 3.17. The molecule has 4 heteroatoms. The molecule has 0 radical (unpaired) electrons. The number of benzene rings is 3. The molecule has 1 unspecified atom stereocenters. The van der Waals surface area contributed by atoms with Crippen molar-refractivity contribution in [2.45, 2.75) is 84.1 Å². The molecule has 1 heterocycles. The number of amides is 1. The molecule has 1 aliphatic heterocycles. The molecule has 5 rings (SSSR count). The molecular weight excluding hydrogens is 482 g/mol. The van der Waals surface area contributed by atoms with Gasteiger partial charge in [0, 0.05) is 11.3 Å². The molecule has 1 fully saturated rings. The van der Waals surface area contributed by atoms with Gasteiger partial charge in [-0.05, 0) is 82.5 Å². The second-order valence-corrected chi connectivity index (χ2v) is 13.0. The van der Waals surface area contributed by atoms with Gasteiger partial charge in [0.1, 0.15) is 5.76 Å². The SMILES string of the molecule is CC(C)(C)c1ccc(C2/C(=C(/O)c3ccc4c(c3)CCCC4)C(=O)C(=O)N2c2ccc(C(C)(C)C)cc2)cc1. The Morgan fingerprint density at radius 1 is 0.744 bits per heavy atom. The van der Waals surface area contributed by atoms with Crippen LogP contribution in [0.15, 0.2) is 72.3 Å². The van der Waals surface area contributed by atoms with Gasteiger partial charge >= 0.3 is 0 Å². The van der Waals surface area contributed by atoms with Crippen LogP contribution in [0.4, 0.5) is 5.69 Å². The van der Waals surface area contributed by atoms with Crippen molar-refractivity contribution in [3.63, 3.8) is 0 Å². The Bertz CT molecular complexity index is 1450. The Morgan fingerprint density at radius 3 is 1.85 bits per heavy atom. The fourth-order valence-corrected chi connectivity index (χ4v) is 5.74. The maximum atomic E-state index is 13.6. The number of nitrogens with zero attached hydrogens (tertiary/aromatic N) is 1. The second-order valence-electron chi connectivity index (χ2n) is 13.0. The average molecular weight is 522 g/mol. The maximum absolute atomic E-state index is 13.6. The van der Waals surface area contributed by atoms with Crippen LogP contribution >= 0.6 is 0 Å². The summed E-state index contributed by atoms with van der Waals surface area (Å²) < 4.78 is 0. The molecular formula is C35H39NO3. The normalized spacial score (nSPS) is 19.3. The topological polar surface area (TPSA) is 57.6 Å². The Labute approximate surface area is 232 Å². The number of rotatable bonds is 3. The highest BCUT2D eigenvalue weighted by molar-refractivity contribution is 6.51. The number of ketones is 1. The molecule has 1 N–H and O–H groups in total. The zero-order valence-electron chi connectivity index (χ0n) is 24.0. The van der Waals surface area contributed by atoms with Gasteiger partial charge in [0.25, 0.3) is 11.7 Å². The van der Waals surface area contributed by atoms with Crippen LogP contribution < -0.4 is 4.90 Å². The van der Waals surface area contributed by atoms with E-state index in [2.05, 4.69) is 59.7 Å². The van der Waals surface area contributed by atoms with Crippen molar-refractivity contribution >= 4 is 23.1 Å². The molecule has 4 nitrogen and oxygen atoms in total. The molecule has 0 saturated carbocycles. The molecule has 1 atom stereocenters. The Kier molecular flexibility index (Phi) is 6.78. The number of hydrogen-bond acceptors (Lipinski definition) is 3. The summed E-state index contributed by atoms with van der Waals surface area (Å²) in [5.74, 6) is -1.39. The van der Waals surface area contributed by atoms with Gasteiger partial charge in [-0.25, -0.2) is 0 Å². The van der Waals surface area contributed by atoms with Crippen LogP contribution in [0.3, 0.4) is 0 Å². The van der Waals surface area contributed by atoms with Crippen molar-refractivity contribution in [1.82, 2.24) is 0 Å². The van der Waals surface area contributed by atoms with Gasteiger partial charge in [-0.3, -0.25) is 14.5 Å². The minimum atomic E-state index is -0.726. The van der Waals surface area contributed by atoms with Crippen LogP contribution in [0.5, 0.6) is 0 Å². The van der Waals surface area contributed by atoms with E-state index in [1.807, 2.05) is 48.5 Å². The number of aryl methyl sites for hydroxylation is 2. The third-order valence-corrected chi connectivity index (χ3v) is 8.17. The van der Waals surface area contributed by atoms with Crippen LogP contribution in [0, 0.1) is 0 Å². The Balaban J connectivity index is 1.66. The van der Waals surface area contributed by atoms with Crippen molar-refractivity contribution in [3.8, 4) is 0 Å². The van der Waals surface area contributed by atoms with Crippen LogP contribution in [-0.4, -0.2) is 16.8 Å². The van der Waals surface area contributed by atoms with Gasteiger partial charge in [0.2, 0.25) is 0 Å². The highest BCUT2D eigenvalue weighted by atomic mass is 16.3. The summed E-state index contributed by atoms with van der Waals surface area (Å²) in [6.07, 6.45) is 4.28. The van der Waals surface area contributed by atoms with Crippen molar-refractivity contribution in [1.29, 1.82) is 0 Å². The lowest BCUT2D eigenvalue weighted by Crippen LogP contribution is -2.29. The molecule has 1 saturated heterocycles. The third-order valence-electron chi connectivity index (χ3n) is 8.17. The van der Waals surface area contributed by atoms with Gasteiger partial charge in [0.05, 0.1) is 11.6 Å². The summed E-state index contributed by atoms with van der Waals surface area (Å²) in [5, 5.41) is 11.6. The number of carbonyl (C=O) groups is 2. The Hall–Kier alpha value is -3.66. The smallest absolute Gasteiger partial charge is 0.300 e. The van der Waals surface area contributed by atoms with E-state index in [9.17, 15) is 14.7 Å². The first-order valence-electron chi connectivity index (χ1n) is 14.0. The predicted molar refractivity (Wildman–Crippen MR) is 158 cm³/mol. The standard InChI is InChI=1S/C35H39NO3/c1-34(2,3)26-15-13-23(14-16-26)30-29(31(37)25-12-11-22-9-7-8-10-24(22)21-25)32(38)33(39)36(30)28-19-17-27(18-20-28)35(4,5)6/h11-21,30,37H,7-10H2,1-6H3/b31-29-. The molecule has 1 aliphatic carbocycles. The van der Waals surface area contributed by atoms with E-state index in [0.717, 1.165) is 36.0 Å². The van der Waals surface area contributed by atoms with Gasteiger partial charge in [-0.15, -0.1) is 0 Å². The summed E-state index contributed by atoms with van der Waals surface area (Å²) in [6.45, 7) is 12.9. The molecule has 0 spiro atoms. The Morgan fingerprint density at radius 2 is 1.28 bits per heavy atom. The molecule has 202 valence electrons. The quantitative estimate of drug-likeness (QED) is 0.217. The van der Waals surface area contributed by atoms with Gasteiger partial charge in [0.15, 0.2) is 0 Å². The molecule has 0 bridgehead atoms. The van der Waals surface area contributed by atoms with Crippen LogP contribution in [-0.2, 0) is 33.3 Å². The van der Waals surface area contributed by atoms with E-state index in [4.69, 9.17) is 0 Å². The van der Waals surface area contributed by atoms with Crippen molar-refractivity contribution < 1.29 is 14.7 Å². The molecule has 0 aromatic heterocycles. The first-order valence-corrected chi connectivity index (χ1v) is 14.0. The van der Waals surface area contributed by atoms with Crippen molar-refractivity contribution in [3.05, 3.63) is 106 Å². The summed E-state index contributed by atoms with van der Waals surface area (Å²) in [7, 11) is 0. The predicted octanol–water partition coefficient (Wildman–Crippen LogP) is 7.79. The monoisotopic (exact) mass is 521 g/mol. The third kappa shape index (κ3) is 5.05. The fourth-order valence-electron chi connectivity index (χ4n) is 5.74. The van der Waals surface area contributed by atoms with Crippen molar-refractivity contribution in [2.75, 3.05) is 4.90 Å². The van der Waals surface area contributed by atoms with Crippen molar-refractivity contribution in [2.24, 2.45) is 0 Å². The van der Waals surface area contributed by atoms with Gasteiger partial charge < -0.3 is 5.11 Å². The van der Waals surface area contributed by atoms with E-state index >= 15 is 0 Å². The first kappa shape index (κ1) is 26.9. The zero-order valence-corrected chi connectivity index (χ0v) is 24.0. The van der Waals surface area contributed by atoms with Gasteiger partial charge in [-0.2, -0.15) is 0 Å². The first-order chi connectivity index (χ1) is 18.4. The van der Waals surface area contributed by atoms with Crippen LogP contribution in [0.1, 0.15) is 93.8 Å². The fraction of sp³-hybridized carbons (Fsp3) is 0.371. The minimum absolute atomic E-state index is 0.0355. The highest BCUT2D eigenvalue weighted by Crippen LogP contribution is 2.43. The minimum Gasteiger partial charge on any atom is -0.507 e. The number of carbonyl (C=O) groups excluding carboxylic acids is 2. The summed E-state index contributed by atoms with van der Waals surface area (Å²) in [5.41, 5.74) is 6.90. The summed E-state index contributed by atoms with van der Waals surface area (Å²) in [6, 6.07) is 21.1. The number of fused-ring (bicyclic) bond motifs is 1. The number of anilines is 1. The van der Waals surface area contributed by atoms with E-state index in [1.54, 1.807) is 4.90 Å². The number of aliphatic hydroxyl groups excluding tert-OH is 1. The highest BCUT2D eigenvalue weighted by Gasteiger charge is 2.47. The van der Waals surface area contributed by atoms with E-state index in [0.29, 0.717) is 11.3 Å². The van der Waals surface area contributed by atoms with Crippen LogP contribution in [0.2, 0.25) is 0 Å². The largest absolute Gasteiger partial charge is 0.507 e. The lowest BCUT2D eigenvalue weighted by molar-refractivity contribution is -0.132. The van der Waals surface area contributed by atoms with E-state index in [1.165, 1.54) is 17.5 Å². The summed E-state index contributed by atoms with van der Waals surface area (Å²) in [4.78, 5) is 28.8. The molecule has 3 aromatic rings. The maximum Gasteiger partial charge on any atom is 0.300 e. The summed E-state index contributed by atoms with van der Waals surface area (Å²) >= 11 is 0. The van der Waals surface area contributed by atoms with E-state index in [-0.39, 0.29) is 22.2 Å². The lowest BCUT2D eigenvalue weighted by Gasteiger charge is -2.27.